The van der Waals surface area contributed by atoms with Crippen molar-refractivity contribution in [2.24, 2.45) is 5.73 Å². The van der Waals surface area contributed by atoms with Crippen LogP contribution in [0.15, 0.2) is 14.7 Å². The van der Waals surface area contributed by atoms with Gasteiger partial charge in [0.2, 0.25) is 10.0 Å². The average Bonchev–Trinajstić information content (AvgIpc) is 2.45. The summed E-state index contributed by atoms with van der Waals surface area (Å²) in [5, 5.41) is 0. The molecule has 0 spiro atoms. The van der Waals surface area contributed by atoms with Crippen LogP contribution in [-0.4, -0.2) is 21.0 Å². The molecule has 0 unspecified atom stereocenters. The average molecular weight is 350 g/mol. The third-order valence-electron chi connectivity index (χ3n) is 1.84. The summed E-state index contributed by atoms with van der Waals surface area (Å²) in [6.07, 6.45) is 0. The van der Waals surface area contributed by atoms with E-state index < -0.39 is 10.0 Å². The van der Waals surface area contributed by atoms with Crippen molar-refractivity contribution in [3.8, 4) is 0 Å². The summed E-state index contributed by atoms with van der Waals surface area (Å²) in [6, 6.07) is 1.35. The van der Waals surface area contributed by atoms with Crippen molar-refractivity contribution in [2.45, 2.75) is 24.8 Å². The maximum Gasteiger partial charge on any atom is 0.241 e. The molecule has 0 aliphatic heterocycles. The van der Waals surface area contributed by atoms with Crippen LogP contribution in [0.3, 0.4) is 0 Å². The van der Waals surface area contributed by atoms with Crippen LogP contribution in [0.1, 0.15) is 11.8 Å². The molecule has 1 aromatic rings. The van der Waals surface area contributed by atoms with E-state index in [-0.39, 0.29) is 25.0 Å². The Balaban J connectivity index is 0.00000225. The van der Waals surface area contributed by atoms with E-state index in [1.807, 2.05) is 0 Å². The summed E-state index contributed by atoms with van der Waals surface area (Å²) in [5.74, 6) is 0. The number of hydrogen-bond acceptors (Lipinski definition) is 4. The van der Waals surface area contributed by atoms with Gasteiger partial charge in [-0.2, -0.15) is 0 Å². The zero-order valence-corrected chi connectivity index (χ0v) is 12.9. The largest absolute Gasteiger partial charge is 0.329 e. The maximum atomic E-state index is 11.9. The highest BCUT2D eigenvalue weighted by Gasteiger charge is 2.20. The molecule has 1 rings (SSSR count). The molecule has 1 atom stereocenters. The summed E-state index contributed by atoms with van der Waals surface area (Å²) >= 11 is 4.66. The first kappa shape index (κ1) is 16.3. The van der Waals surface area contributed by atoms with Crippen LogP contribution in [0, 0.1) is 6.92 Å². The second kappa shape index (κ2) is 6.32. The highest BCUT2D eigenvalue weighted by molar-refractivity contribution is 9.11. The number of nitrogens with two attached hydrogens (primary N) is 1. The van der Waals surface area contributed by atoms with E-state index in [1.165, 1.54) is 11.3 Å². The predicted octanol–water partition coefficient (Wildman–Crippen LogP) is 1.87. The SMILES string of the molecule is Cc1sc(Br)cc1S(=O)(=O)N[C@H](C)CN.Cl. The van der Waals surface area contributed by atoms with Crippen LogP contribution in [-0.2, 0) is 10.0 Å². The standard InChI is InChI=1S/C8H13BrN2O2S2.ClH/c1-5(4-10)11-15(12,13)7-3-8(9)14-6(7)2;/h3,5,11H,4,10H2,1-2H3;1H/t5-;/m1./s1. The van der Waals surface area contributed by atoms with Crippen molar-refractivity contribution in [2.75, 3.05) is 6.54 Å². The highest BCUT2D eigenvalue weighted by atomic mass is 79.9. The quantitative estimate of drug-likeness (QED) is 0.871. The zero-order chi connectivity index (χ0) is 11.6. The van der Waals surface area contributed by atoms with E-state index in [9.17, 15) is 8.42 Å². The van der Waals surface area contributed by atoms with Crippen molar-refractivity contribution in [3.05, 3.63) is 14.7 Å². The normalized spacial score (nSPS) is 13.2. The minimum Gasteiger partial charge on any atom is -0.329 e. The predicted molar refractivity (Wildman–Crippen MR) is 72.8 cm³/mol. The molecule has 0 aliphatic rings. The summed E-state index contributed by atoms with van der Waals surface area (Å²) in [7, 11) is -3.43. The van der Waals surface area contributed by atoms with Crippen LogP contribution in [0.25, 0.3) is 0 Å². The van der Waals surface area contributed by atoms with Crippen molar-refractivity contribution >= 4 is 49.7 Å². The van der Waals surface area contributed by atoms with Gasteiger partial charge in [-0.3, -0.25) is 0 Å². The van der Waals surface area contributed by atoms with Crippen LogP contribution in [0.2, 0.25) is 0 Å². The van der Waals surface area contributed by atoms with E-state index in [1.54, 1.807) is 19.9 Å². The maximum absolute atomic E-state index is 11.9. The van der Waals surface area contributed by atoms with Crippen LogP contribution in [0.4, 0.5) is 0 Å². The lowest BCUT2D eigenvalue weighted by atomic mass is 10.4. The van der Waals surface area contributed by atoms with Crippen molar-refractivity contribution in [1.82, 2.24) is 4.72 Å². The Labute approximate surface area is 114 Å². The van der Waals surface area contributed by atoms with E-state index in [0.717, 1.165) is 8.66 Å². The van der Waals surface area contributed by atoms with Gasteiger partial charge in [0.15, 0.2) is 0 Å². The molecule has 0 amide bonds. The van der Waals surface area contributed by atoms with Gasteiger partial charge in [0.25, 0.3) is 0 Å². The van der Waals surface area contributed by atoms with Crippen LogP contribution < -0.4 is 10.5 Å². The first-order valence-electron chi connectivity index (χ1n) is 4.35. The topological polar surface area (TPSA) is 72.2 Å². The van der Waals surface area contributed by atoms with Crippen molar-refractivity contribution < 1.29 is 8.42 Å². The minimum atomic E-state index is -3.43. The Kier molecular flexibility index (Phi) is 6.45. The molecule has 3 N–H and O–H groups in total. The molecule has 0 aliphatic carbocycles. The van der Waals surface area contributed by atoms with Crippen molar-refractivity contribution in [1.29, 1.82) is 0 Å². The summed E-state index contributed by atoms with van der Waals surface area (Å²) in [5.41, 5.74) is 5.37. The third-order valence-corrected chi connectivity index (χ3v) is 5.24. The lowest BCUT2D eigenvalue weighted by Crippen LogP contribution is -2.37. The van der Waals surface area contributed by atoms with Gasteiger partial charge in [0.1, 0.15) is 0 Å². The molecule has 4 nitrogen and oxygen atoms in total. The molecule has 8 heteroatoms. The van der Waals surface area contributed by atoms with Crippen molar-refractivity contribution in [3.63, 3.8) is 0 Å². The molecule has 0 bridgehead atoms. The fourth-order valence-corrected chi connectivity index (χ4v) is 4.74. The van der Waals surface area contributed by atoms with Gasteiger partial charge in [-0.15, -0.1) is 23.7 Å². The Morgan fingerprint density at radius 2 is 2.19 bits per heavy atom. The van der Waals surface area contributed by atoms with E-state index in [2.05, 4.69) is 20.7 Å². The number of hydrogen-bond donors (Lipinski definition) is 2. The van der Waals surface area contributed by atoms with Gasteiger partial charge < -0.3 is 5.73 Å². The molecular formula is C8H14BrClN2O2S2. The Morgan fingerprint density at radius 3 is 2.56 bits per heavy atom. The zero-order valence-electron chi connectivity index (χ0n) is 8.86. The highest BCUT2D eigenvalue weighted by Crippen LogP contribution is 2.29. The molecule has 0 saturated carbocycles. The molecule has 0 fully saturated rings. The number of aryl methyl sites for hydroxylation is 1. The first-order valence-corrected chi connectivity index (χ1v) is 7.44. The number of rotatable bonds is 4. The second-order valence-corrected chi connectivity index (χ2v) is 7.55. The number of nitrogens with one attached hydrogen (secondary N) is 1. The second-order valence-electron chi connectivity index (χ2n) is 3.23. The lowest BCUT2D eigenvalue weighted by molar-refractivity contribution is 0.562. The molecule has 0 saturated heterocycles. The van der Waals surface area contributed by atoms with E-state index in [4.69, 9.17) is 5.73 Å². The number of halogens is 2. The van der Waals surface area contributed by atoms with E-state index >= 15 is 0 Å². The van der Waals surface area contributed by atoms with Gasteiger partial charge >= 0.3 is 0 Å². The van der Waals surface area contributed by atoms with Gasteiger partial charge in [-0.1, -0.05) is 0 Å². The van der Waals surface area contributed by atoms with E-state index in [0.29, 0.717) is 4.90 Å². The van der Waals surface area contributed by atoms with Crippen LogP contribution in [0.5, 0.6) is 0 Å². The van der Waals surface area contributed by atoms with Gasteiger partial charge in [0.05, 0.1) is 8.68 Å². The Bertz CT molecular complexity index is 447. The minimum absolute atomic E-state index is 0. The fraction of sp³-hybridized carbons (Fsp3) is 0.500. The molecule has 0 aromatic carbocycles. The summed E-state index contributed by atoms with van der Waals surface area (Å²) in [4.78, 5) is 1.08. The Morgan fingerprint density at radius 1 is 1.62 bits per heavy atom. The molecule has 0 radical (unpaired) electrons. The molecule has 94 valence electrons. The monoisotopic (exact) mass is 348 g/mol. The number of thiophene rings is 1. The Hall–Kier alpha value is 0.340. The number of sulfonamides is 1. The summed E-state index contributed by atoms with van der Waals surface area (Å²) < 4.78 is 27.0. The molecule has 1 aromatic heterocycles. The lowest BCUT2D eigenvalue weighted by Gasteiger charge is -2.11. The first-order chi connectivity index (χ1) is 6.86. The smallest absolute Gasteiger partial charge is 0.241 e. The van der Waals surface area contributed by atoms with Gasteiger partial charge in [-0.25, -0.2) is 13.1 Å². The molecular weight excluding hydrogens is 336 g/mol. The fourth-order valence-electron chi connectivity index (χ4n) is 1.07. The summed E-state index contributed by atoms with van der Waals surface area (Å²) in [6.45, 7) is 3.79. The van der Waals surface area contributed by atoms with Gasteiger partial charge in [0, 0.05) is 17.5 Å². The third kappa shape index (κ3) is 3.97. The van der Waals surface area contributed by atoms with Gasteiger partial charge in [-0.05, 0) is 35.8 Å². The molecule has 16 heavy (non-hydrogen) atoms. The molecule has 1 heterocycles. The van der Waals surface area contributed by atoms with Crippen LogP contribution >= 0.6 is 39.7 Å².